The first-order valence-corrected chi connectivity index (χ1v) is 4.91. The number of nitrogens with zero attached hydrogens (tertiary/aromatic N) is 1. The van der Waals surface area contributed by atoms with E-state index in [1.807, 2.05) is 0 Å². The number of piperidine rings is 1. The zero-order valence-corrected chi connectivity index (χ0v) is 8.08. The highest BCUT2D eigenvalue weighted by atomic mass is 16.1. The van der Waals surface area contributed by atoms with Gasteiger partial charge in [-0.1, -0.05) is 0 Å². The molecule has 12 heavy (non-hydrogen) atoms. The fourth-order valence-corrected chi connectivity index (χ4v) is 3.02. The van der Waals surface area contributed by atoms with E-state index in [1.54, 1.807) is 0 Å². The van der Waals surface area contributed by atoms with Crippen LogP contribution in [-0.2, 0) is 4.79 Å². The van der Waals surface area contributed by atoms with Crippen LogP contribution in [0.25, 0.3) is 0 Å². The van der Waals surface area contributed by atoms with Crippen molar-refractivity contribution in [3.05, 3.63) is 0 Å². The van der Waals surface area contributed by atoms with Crippen LogP contribution in [-0.4, -0.2) is 28.8 Å². The molecular weight excluding hydrogens is 150 g/mol. The Morgan fingerprint density at radius 1 is 1.50 bits per heavy atom. The van der Waals surface area contributed by atoms with E-state index in [4.69, 9.17) is 0 Å². The van der Waals surface area contributed by atoms with Crippen LogP contribution < -0.4 is 0 Å². The molecule has 0 radical (unpaired) electrons. The average molecular weight is 167 g/mol. The topological polar surface area (TPSA) is 20.3 Å². The van der Waals surface area contributed by atoms with E-state index in [0.29, 0.717) is 29.8 Å². The Morgan fingerprint density at radius 3 is 2.58 bits per heavy atom. The van der Waals surface area contributed by atoms with Crippen LogP contribution in [0.2, 0.25) is 0 Å². The number of likely N-dealkylation sites (tertiary alicyclic amines) is 1. The maximum absolute atomic E-state index is 11.4. The summed E-state index contributed by atoms with van der Waals surface area (Å²) in [7, 11) is 0. The van der Waals surface area contributed by atoms with Crippen molar-refractivity contribution in [3.63, 3.8) is 0 Å². The maximum atomic E-state index is 11.4. The van der Waals surface area contributed by atoms with Crippen LogP contribution in [0.1, 0.15) is 33.6 Å². The lowest BCUT2D eigenvalue weighted by molar-refractivity contribution is -0.124. The monoisotopic (exact) mass is 167 g/mol. The van der Waals surface area contributed by atoms with Gasteiger partial charge in [0.15, 0.2) is 0 Å². The van der Waals surface area contributed by atoms with Crippen LogP contribution in [0, 0.1) is 5.92 Å². The summed E-state index contributed by atoms with van der Waals surface area (Å²) in [4.78, 5) is 13.9. The highest BCUT2D eigenvalue weighted by Crippen LogP contribution is 2.40. The number of ketones is 1. The standard InChI is InChI=1S/C10H17NO/c1-6(2)11-7(3)9-4-8(11)5-10(9)12/h6-9H,4-5H2,1-3H3/t7-,8?,9?/m1/s1. The van der Waals surface area contributed by atoms with E-state index >= 15 is 0 Å². The molecule has 2 nitrogen and oxygen atoms in total. The normalized spacial score (nSPS) is 41.7. The fraction of sp³-hybridized carbons (Fsp3) is 0.900. The van der Waals surface area contributed by atoms with Gasteiger partial charge >= 0.3 is 0 Å². The van der Waals surface area contributed by atoms with Gasteiger partial charge in [-0.25, -0.2) is 0 Å². The third kappa shape index (κ3) is 0.939. The molecule has 2 unspecified atom stereocenters. The summed E-state index contributed by atoms with van der Waals surface area (Å²) in [6.45, 7) is 6.64. The average Bonchev–Trinajstić information content (AvgIpc) is 2.42. The lowest BCUT2D eigenvalue weighted by atomic mass is 9.98. The Balaban J connectivity index is 2.18. The molecule has 0 N–H and O–H groups in total. The molecule has 2 rings (SSSR count). The molecular formula is C10H17NO. The van der Waals surface area contributed by atoms with Crippen molar-refractivity contribution in [1.29, 1.82) is 0 Å². The van der Waals surface area contributed by atoms with Gasteiger partial charge in [0.25, 0.3) is 0 Å². The quantitative estimate of drug-likeness (QED) is 0.589. The SMILES string of the molecule is CC(C)N1C2CC(=O)C(C2)[C@H]1C. The van der Waals surface area contributed by atoms with Crippen molar-refractivity contribution in [2.24, 2.45) is 5.92 Å². The highest BCUT2D eigenvalue weighted by Gasteiger charge is 2.49. The van der Waals surface area contributed by atoms with E-state index in [-0.39, 0.29) is 0 Å². The minimum atomic E-state index is 0.359. The molecule has 2 heteroatoms. The van der Waals surface area contributed by atoms with Crippen LogP contribution in [0.3, 0.4) is 0 Å². The van der Waals surface area contributed by atoms with Gasteiger partial charge in [0, 0.05) is 30.5 Å². The summed E-state index contributed by atoms with van der Waals surface area (Å²) in [6.07, 6.45) is 1.94. The largest absolute Gasteiger partial charge is 0.299 e. The number of hydrogen-bond acceptors (Lipinski definition) is 2. The molecule has 0 aromatic carbocycles. The van der Waals surface area contributed by atoms with Gasteiger partial charge in [-0.15, -0.1) is 0 Å². The molecule has 1 saturated heterocycles. The molecule has 0 amide bonds. The first-order chi connectivity index (χ1) is 5.61. The minimum Gasteiger partial charge on any atom is -0.299 e. The van der Waals surface area contributed by atoms with Gasteiger partial charge in [-0.05, 0) is 27.2 Å². The number of hydrogen-bond donors (Lipinski definition) is 0. The second-order valence-electron chi connectivity index (χ2n) is 4.45. The maximum Gasteiger partial charge on any atom is 0.139 e. The van der Waals surface area contributed by atoms with Gasteiger partial charge in [0.1, 0.15) is 5.78 Å². The summed E-state index contributed by atoms with van der Waals surface area (Å²) in [5.41, 5.74) is 0. The van der Waals surface area contributed by atoms with Crippen molar-refractivity contribution in [1.82, 2.24) is 4.90 Å². The van der Waals surface area contributed by atoms with E-state index in [0.717, 1.165) is 12.8 Å². The van der Waals surface area contributed by atoms with Crippen molar-refractivity contribution in [3.8, 4) is 0 Å². The highest BCUT2D eigenvalue weighted by molar-refractivity contribution is 5.85. The number of rotatable bonds is 1. The third-order valence-electron chi connectivity index (χ3n) is 3.45. The molecule has 0 aromatic heterocycles. The second kappa shape index (κ2) is 2.56. The Morgan fingerprint density at radius 2 is 2.17 bits per heavy atom. The summed E-state index contributed by atoms with van der Waals surface area (Å²) >= 11 is 0. The first-order valence-electron chi connectivity index (χ1n) is 4.91. The van der Waals surface area contributed by atoms with Gasteiger partial charge in [-0.3, -0.25) is 9.69 Å². The number of Topliss-reactive ketones (excluding diaryl/α,β-unsaturated/α-hetero) is 1. The van der Waals surface area contributed by atoms with E-state index in [9.17, 15) is 4.79 Å². The van der Waals surface area contributed by atoms with Crippen LogP contribution in [0.5, 0.6) is 0 Å². The minimum absolute atomic E-state index is 0.359. The predicted molar refractivity (Wildman–Crippen MR) is 48.0 cm³/mol. The van der Waals surface area contributed by atoms with E-state index in [2.05, 4.69) is 25.7 Å². The predicted octanol–water partition coefficient (Wildman–Crippen LogP) is 1.45. The Bertz CT molecular complexity index is 210. The van der Waals surface area contributed by atoms with Crippen LogP contribution in [0.4, 0.5) is 0 Å². The van der Waals surface area contributed by atoms with Crippen LogP contribution in [0.15, 0.2) is 0 Å². The first kappa shape index (κ1) is 8.24. The Hall–Kier alpha value is -0.370. The molecule has 2 fully saturated rings. The van der Waals surface area contributed by atoms with Gasteiger partial charge < -0.3 is 0 Å². The van der Waals surface area contributed by atoms with E-state index in [1.165, 1.54) is 0 Å². The number of carbonyl (C=O) groups excluding carboxylic acids is 1. The van der Waals surface area contributed by atoms with Crippen molar-refractivity contribution in [2.45, 2.75) is 51.7 Å². The second-order valence-corrected chi connectivity index (χ2v) is 4.45. The number of carbonyl (C=O) groups is 1. The zero-order chi connectivity index (χ0) is 8.88. The lowest BCUT2D eigenvalue weighted by Crippen LogP contribution is -2.46. The molecule has 0 aromatic rings. The lowest BCUT2D eigenvalue weighted by Gasteiger charge is -2.35. The molecule has 3 atom stereocenters. The smallest absolute Gasteiger partial charge is 0.139 e. The molecule has 0 spiro atoms. The molecule has 2 aliphatic rings. The summed E-state index contributed by atoms with van der Waals surface area (Å²) < 4.78 is 0. The summed E-state index contributed by atoms with van der Waals surface area (Å²) in [5.74, 6) is 0.863. The zero-order valence-electron chi connectivity index (χ0n) is 8.08. The molecule has 1 saturated carbocycles. The van der Waals surface area contributed by atoms with Gasteiger partial charge in [0.2, 0.25) is 0 Å². The third-order valence-corrected chi connectivity index (χ3v) is 3.45. The van der Waals surface area contributed by atoms with Crippen molar-refractivity contribution < 1.29 is 4.79 Å². The Kier molecular flexibility index (Phi) is 1.76. The summed E-state index contributed by atoms with van der Waals surface area (Å²) in [5, 5.41) is 0. The van der Waals surface area contributed by atoms with Crippen molar-refractivity contribution in [2.75, 3.05) is 0 Å². The molecule has 68 valence electrons. The molecule has 1 heterocycles. The fourth-order valence-electron chi connectivity index (χ4n) is 3.02. The van der Waals surface area contributed by atoms with Gasteiger partial charge in [-0.2, -0.15) is 0 Å². The van der Waals surface area contributed by atoms with Crippen molar-refractivity contribution >= 4 is 5.78 Å². The number of fused-ring (bicyclic) bond motifs is 2. The summed E-state index contributed by atoms with van der Waals surface area (Å²) in [6, 6.07) is 1.66. The molecule has 1 aliphatic heterocycles. The van der Waals surface area contributed by atoms with Gasteiger partial charge in [0.05, 0.1) is 0 Å². The molecule has 1 aliphatic carbocycles. The molecule has 2 bridgehead atoms. The van der Waals surface area contributed by atoms with Crippen LogP contribution >= 0.6 is 0 Å². The Labute approximate surface area is 73.9 Å². The van der Waals surface area contributed by atoms with E-state index < -0.39 is 0 Å².